The number of thioether (sulfide) groups is 1. The van der Waals surface area contributed by atoms with Crippen molar-refractivity contribution in [3.8, 4) is 11.4 Å². The minimum absolute atomic E-state index is 0.188. The molecule has 1 unspecified atom stereocenters. The molecule has 2 heterocycles. The molecule has 1 aliphatic heterocycles. The van der Waals surface area contributed by atoms with E-state index in [-0.39, 0.29) is 5.91 Å². The summed E-state index contributed by atoms with van der Waals surface area (Å²) in [6.45, 7) is 7.44. The lowest BCUT2D eigenvalue weighted by atomic mass is 10.0. The molecule has 0 aliphatic carbocycles. The van der Waals surface area contributed by atoms with Crippen molar-refractivity contribution in [3.05, 3.63) is 41.9 Å². The Bertz CT molecular complexity index is 790. The smallest absolute Gasteiger partial charge is 0.233 e. The van der Waals surface area contributed by atoms with Gasteiger partial charge in [0.1, 0.15) is 0 Å². The fraction of sp³-hybridized carbons (Fsp3) is 0.450. The zero-order valence-electron chi connectivity index (χ0n) is 15.6. The van der Waals surface area contributed by atoms with Gasteiger partial charge < -0.3 is 4.90 Å². The van der Waals surface area contributed by atoms with E-state index in [2.05, 4.69) is 23.7 Å². The Morgan fingerprint density at radius 2 is 2.11 bits per heavy atom. The highest BCUT2D eigenvalue weighted by Gasteiger charge is 2.25. The summed E-state index contributed by atoms with van der Waals surface area (Å²) in [6, 6.07) is 7.89. The molecule has 1 saturated heterocycles. The lowest BCUT2D eigenvalue weighted by Crippen LogP contribution is -2.44. The van der Waals surface area contributed by atoms with E-state index in [4.69, 9.17) is 11.6 Å². The predicted octanol–water partition coefficient (Wildman–Crippen LogP) is 4.67. The van der Waals surface area contributed by atoms with E-state index in [9.17, 15) is 4.79 Å². The van der Waals surface area contributed by atoms with Gasteiger partial charge in [-0.2, -0.15) is 0 Å². The highest BCUT2D eigenvalue weighted by atomic mass is 35.5. The quantitative estimate of drug-likeness (QED) is 0.497. The van der Waals surface area contributed by atoms with E-state index in [1.807, 2.05) is 39.8 Å². The molecule has 27 heavy (non-hydrogen) atoms. The molecule has 5 nitrogen and oxygen atoms in total. The third-order valence-electron chi connectivity index (χ3n) is 4.87. The molecule has 0 saturated carbocycles. The summed E-state index contributed by atoms with van der Waals surface area (Å²) in [5.74, 6) is 1.32. The summed E-state index contributed by atoms with van der Waals surface area (Å²) >= 11 is 7.43. The van der Waals surface area contributed by atoms with Crippen LogP contribution >= 0.6 is 23.4 Å². The van der Waals surface area contributed by atoms with Crippen molar-refractivity contribution in [3.63, 3.8) is 0 Å². The molecule has 7 heteroatoms. The van der Waals surface area contributed by atoms with Crippen LogP contribution in [0.3, 0.4) is 0 Å². The van der Waals surface area contributed by atoms with Crippen LogP contribution in [0.15, 0.2) is 42.1 Å². The van der Waals surface area contributed by atoms with Gasteiger partial charge in [-0.05, 0) is 49.9 Å². The molecule has 1 aromatic carbocycles. The predicted molar refractivity (Wildman–Crippen MR) is 111 cm³/mol. The van der Waals surface area contributed by atoms with E-state index in [0.29, 0.717) is 23.4 Å². The number of piperidine rings is 1. The van der Waals surface area contributed by atoms with E-state index < -0.39 is 0 Å². The number of halogens is 1. The van der Waals surface area contributed by atoms with Gasteiger partial charge in [-0.1, -0.05) is 36.4 Å². The Labute approximate surface area is 169 Å². The highest BCUT2D eigenvalue weighted by molar-refractivity contribution is 7.99. The van der Waals surface area contributed by atoms with Crippen LogP contribution < -0.4 is 0 Å². The van der Waals surface area contributed by atoms with Crippen molar-refractivity contribution in [2.24, 2.45) is 0 Å². The maximum atomic E-state index is 12.7. The first kappa shape index (κ1) is 20.0. The molecule has 0 N–H and O–H groups in total. The molecule has 1 aliphatic rings. The number of hydrogen-bond donors (Lipinski definition) is 0. The average Bonchev–Trinajstić information content (AvgIpc) is 3.09. The molecular weight excluding hydrogens is 380 g/mol. The molecule has 1 amide bonds. The number of rotatable bonds is 7. The van der Waals surface area contributed by atoms with Crippen molar-refractivity contribution in [2.75, 3.05) is 12.3 Å². The normalized spacial score (nSPS) is 17.1. The molecule has 1 fully saturated rings. The SMILES string of the molecule is C=CCn1c(SCC(=O)N2CCCCC2CC)nnc1-c1ccc(Cl)cc1. The first-order chi connectivity index (χ1) is 13.1. The summed E-state index contributed by atoms with van der Waals surface area (Å²) in [5.41, 5.74) is 0.939. The van der Waals surface area contributed by atoms with Crippen LogP contribution in [0.2, 0.25) is 5.02 Å². The van der Waals surface area contributed by atoms with Gasteiger partial charge in [0.05, 0.1) is 5.75 Å². The van der Waals surface area contributed by atoms with E-state index in [1.165, 1.54) is 18.2 Å². The molecule has 0 spiro atoms. The maximum absolute atomic E-state index is 12.7. The fourth-order valence-electron chi connectivity index (χ4n) is 3.46. The van der Waals surface area contributed by atoms with Crippen LogP contribution in [0.4, 0.5) is 0 Å². The summed E-state index contributed by atoms with van der Waals surface area (Å²) in [6.07, 6.45) is 6.25. The number of allylic oxidation sites excluding steroid dienone is 1. The second kappa shape index (κ2) is 9.42. The molecule has 3 rings (SSSR count). The minimum Gasteiger partial charge on any atom is -0.339 e. The number of nitrogens with zero attached hydrogens (tertiary/aromatic N) is 4. The molecule has 0 radical (unpaired) electrons. The third-order valence-corrected chi connectivity index (χ3v) is 6.08. The Hall–Kier alpha value is -1.79. The second-order valence-corrected chi connectivity index (χ2v) is 8.02. The maximum Gasteiger partial charge on any atom is 0.233 e. The number of hydrogen-bond acceptors (Lipinski definition) is 4. The number of carbonyl (C=O) groups is 1. The Morgan fingerprint density at radius 3 is 2.81 bits per heavy atom. The van der Waals surface area contributed by atoms with Crippen LogP contribution in [0.1, 0.15) is 32.6 Å². The van der Waals surface area contributed by atoms with Gasteiger partial charge in [-0.25, -0.2) is 0 Å². The highest BCUT2D eigenvalue weighted by Crippen LogP contribution is 2.26. The van der Waals surface area contributed by atoms with Crippen molar-refractivity contribution in [2.45, 2.75) is 50.4 Å². The van der Waals surface area contributed by atoms with Crippen molar-refractivity contribution < 1.29 is 4.79 Å². The zero-order chi connectivity index (χ0) is 19.2. The van der Waals surface area contributed by atoms with E-state index in [0.717, 1.165) is 42.4 Å². The first-order valence-electron chi connectivity index (χ1n) is 9.36. The van der Waals surface area contributed by atoms with Gasteiger partial charge >= 0.3 is 0 Å². The molecule has 2 aromatic rings. The summed E-state index contributed by atoms with van der Waals surface area (Å²) < 4.78 is 1.99. The summed E-state index contributed by atoms with van der Waals surface area (Å²) in [4.78, 5) is 14.8. The van der Waals surface area contributed by atoms with Crippen LogP contribution in [-0.2, 0) is 11.3 Å². The Morgan fingerprint density at radius 1 is 1.33 bits per heavy atom. The monoisotopic (exact) mass is 404 g/mol. The molecule has 1 aromatic heterocycles. The summed E-state index contributed by atoms with van der Waals surface area (Å²) in [7, 11) is 0. The Balaban J connectivity index is 1.73. The minimum atomic E-state index is 0.188. The number of benzene rings is 1. The zero-order valence-corrected chi connectivity index (χ0v) is 17.2. The van der Waals surface area contributed by atoms with Crippen molar-refractivity contribution in [1.82, 2.24) is 19.7 Å². The van der Waals surface area contributed by atoms with Crippen LogP contribution in [0, 0.1) is 0 Å². The summed E-state index contributed by atoms with van der Waals surface area (Å²) in [5, 5.41) is 10.1. The Kier molecular flexibility index (Phi) is 6.96. The number of likely N-dealkylation sites (tertiary alicyclic amines) is 1. The number of amides is 1. The number of aromatic nitrogens is 3. The topological polar surface area (TPSA) is 51.0 Å². The molecular formula is C20H25ClN4OS. The van der Waals surface area contributed by atoms with Gasteiger partial charge in [0.15, 0.2) is 11.0 Å². The second-order valence-electron chi connectivity index (χ2n) is 6.65. The van der Waals surface area contributed by atoms with Crippen LogP contribution in [-0.4, -0.2) is 43.9 Å². The standard InChI is InChI=1S/C20H25ClN4OS/c1-3-12-25-19(15-8-10-16(21)11-9-15)22-23-20(25)27-14-18(26)24-13-6-5-7-17(24)4-2/h3,8-11,17H,1,4-7,12-14H2,2H3. The van der Waals surface area contributed by atoms with Gasteiger partial charge in [-0.15, -0.1) is 16.8 Å². The molecule has 144 valence electrons. The van der Waals surface area contributed by atoms with Gasteiger partial charge in [0, 0.05) is 29.7 Å². The largest absolute Gasteiger partial charge is 0.339 e. The first-order valence-corrected chi connectivity index (χ1v) is 10.7. The third kappa shape index (κ3) is 4.74. The van der Waals surface area contributed by atoms with Crippen LogP contribution in [0.5, 0.6) is 0 Å². The lowest BCUT2D eigenvalue weighted by molar-refractivity contribution is -0.132. The average molecular weight is 405 g/mol. The number of carbonyl (C=O) groups excluding carboxylic acids is 1. The van der Waals surface area contributed by atoms with Crippen molar-refractivity contribution >= 4 is 29.3 Å². The molecule has 0 bridgehead atoms. The fourth-order valence-corrected chi connectivity index (χ4v) is 4.42. The van der Waals surface area contributed by atoms with E-state index >= 15 is 0 Å². The van der Waals surface area contributed by atoms with Gasteiger partial charge in [-0.3, -0.25) is 9.36 Å². The van der Waals surface area contributed by atoms with Gasteiger partial charge in [0.25, 0.3) is 0 Å². The van der Waals surface area contributed by atoms with E-state index in [1.54, 1.807) is 0 Å². The van der Waals surface area contributed by atoms with Crippen LogP contribution in [0.25, 0.3) is 11.4 Å². The van der Waals surface area contributed by atoms with Gasteiger partial charge in [0.2, 0.25) is 5.91 Å². The molecule has 1 atom stereocenters. The van der Waals surface area contributed by atoms with Crippen molar-refractivity contribution in [1.29, 1.82) is 0 Å². The lowest BCUT2D eigenvalue weighted by Gasteiger charge is -2.35.